The summed E-state index contributed by atoms with van der Waals surface area (Å²) in [5.74, 6) is 0.316. The maximum Gasteiger partial charge on any atom is 0.306 e. The fourth-order valence-corrected chi connectivity index (χ4v) is 5.22. The van der Waals surface area contributed by atoms with Crippen molar-refractivity contribution in [1.29, 1.82) is 0 Å². The lowest BCUT2D eigenvalue weighted by Crippen LogP contribution is -2.20. The second kappa shape index (κ2) is 18.0. The van der Waals surface area contributed by atoms with E-state index in [9.17, 15) is 9.90 Å². The summed E-state index contributed by atoms with van der Waals surface area (Å²) >= 11 is 0. The third-order valence-corrected chi connectivity index (χ3v) is 7.71. The van der Waals surface area contributed by atoms with Gasteiger partial charge in [0.2, 0.25) is 0 Å². The number of phenols is 1. The van der Waals surface area contributed by atoms with Crippen molar-refractivity contribution in [2.24, 2.45) is 0 Å². The first-order chi connectivity index (χ1) is 17.9. The van der Waals surface area contributed by atoms with E-state index in [1.807, 2.05) is 0 Å². The molecule has 0 bridgehead atoms. The Morgan fingerprint density at radius 1 is 0.711 bits per heavy atom. The maximum absolute atomic E-state index is 13.0. The fourth-order valence-electron chi connectivity index (χ4n) is 5.22. The van der Waals surface area contributed by atoms with Crippen molar-refractivity contribution in [1.82, 2.24) is 0 Å². The first kappa shape index (κ1) is 34.5. The quantitative estimate of drug-likeness (QED) is 0.143. The van der Waals surface area contributed by atoms with Crippen LogP contribution in [0.1, 0.15) is 175 Å². The molecule has 1 aromatic carbocycles. The monoisotopic (exact) mass is 530 g/mol. The van der Waals surface area contributed by atoms with Crippen LogP contribution in [-0.2, 0) is 26.8 Å². The molecule has 0 aliphatic carbocycles. The summed E-state index contributed by atoms with van der Waals surface area (Å²) in [6.45, 7) is 17.3. The Kier molecular flexibility index (Phi) is 16.3. The van der Waals surface area contributed by atoms with E-state index in [1.54, 1.807) is 0 Å². The lowest BCUT2D eigenvalue weighted by atomic mass is 9.78. The molecule has 3 nitrogen and oxygen atoms in total. The zero-order chi connectivity index (χ0) is 28.6. The van der Waals surface area contributed by atoms with Crippen LogP contribution in [0.3, 0.4) is 0 Å². The number of carbonyl (C=O) groups is 1. The average molecular weight is 531 g/mol. The van der Waals surface area contributed by atoms with Crippen LogP contribution in [-0.4, -0.2) is 17.2 Å². The summed E-state index contributed by atoms with van der Waals surface area (Å²) in [5, 5.41) is 11.0. The van der Waals surface area contributed by atoms with Gasteiger partial charge >= 0.3 is 5.97 Å². The molecule has 1 atom stereocenters. The normalized spacial score (nSPS) is 13.1. The number of hydrogen-bond donors (Lipinski definition) is 1. The number of ether oxygens (including phenoxy) is 1. The van der Waals surface area contributed by atoms with Crippen molar-refractivity contribution >= 4 is 5.97 Å². The average Bonchev–Trinajstić information content (AvgIpc) is 2.83. The first-order valence-corrected chi connectivity index (χ1v) is 16.0. The molecular formula is C35H62O3. The number of carbonyl (C=O) groups excluding carboxylic acids is 1. The van der Waals surface area contributed by atoms with Gasteiger partial charge in [-0.3, -0.25) is 4.79 Å². The second-order valence-electron chi connectivity index (χ2n) is 13.6. The van der Waals surface area contributed by atoms with Crippen LogP contribution in [0, 0.1) is 0 Å². The van der Waals surface area contributed by atoms with Crippen molar-refractivity contribution in [3.05, 3.63) is 28.8 Å². The molecule has 38 heavy (non-hydrogen) atoms. The molecular weight excluding hydrogens is 468 g/mol. The summed E-state index contributed by atoms with van der Waals surface area (Å²) in [7, 11) is 0. The van der Waals surface area contributed by atoms with Gasteiger partial charge in [0.15, 0.2) is 0 Å². The van der Waals surface area contributed by atoms with Crippen molar-refractivity contribution in [3.8, 4) is 5.75 Å². The standard InChI is InChI=1S/C35H62O3/c1-9-11-13-15-17-19-21-23-29(22-20-18-16-14-12-10-2)38-32(36)25-24-28-26-30(34(3,4)5)33(37)31(27-28)35(6,7)8/h26-27,29,37H,9-25H2,1-8H3. The number of rotatable bonds is 19. The third-order valence-electron chi connectivity index (χ3n) is 7.71. The van der Waals surface area contributed by atoms with E-state index in [0.717, 1.165) is 42.4 Å². The number of unbranched alkanes of at least 4 members (excludes halogenated alkanes) is 11. The molecule has 0 saturated heterocycles. The largest absolute Gasteiger partial charge is 0.507 e. The minimum Gasteiger partial charge on any atom is -0.507 e. The Balaban J connectivity index is 2.74. The van der Waals surface area contributed by atoms with Crippen molar-refractivity contribution < 1.29 is 14.6 Å². The van der Waals surface area contributed by atoms with E-state index in [-0.39, 0.29) is 22.9 Å². The van der Waals surface area contributed by atoms with Gasteiger partial charge in [-0.05, 0) is 59.6 Å². The SMILES string of the molecule is CCCCCCCCCC(CCCCCCCC)OC(=O)CCc1cc(C(C)(C)C)c(O)c(C(C)(C)C)c1. The summed E-state index contributed by atoms with van der Waals surface area (Å²) in [6.07, 6.45) is 19.7. The summed E-state index contributed by atoms with van der Waals surface area (Å²) < 4.78 is 6.08. The summed E-state index contributed by atoms with van der Waals surface area (Å²) in [5.41, 5.74) is 2.68. The van der Waals surface area contributed by atoms with Crippen LogP contribution in [0.25, 0.3) is 0 Å². The lowest BCUT2D eigenvalue weighted by molar-refractivity contribution is -0.149. The lowest BCUT2D eigenvalue weighted by Gasteiger charge is -2.28. The summed E-state index contributed by atoms with van der Waals surface area (Å²) in [6, 6.07) is 4.17. The van der Waals surface area contributed by atoms with Crippen LogP contribution in [0.15, 0.2) is 12.1 Å². The van der Waals surface area contributed by atoms with Gasteiger partial charge in [-0.1, -0.05) is 138 Å². The topological polar surface area (TPSA) is 46.5 Å². The highest BCUT2D eigenvalue weighted by Crippen LogP contribution is 2.40. The molecule has 0 radical (unpaired) electrons. The van der Waals surface area contributed by atoms with E-state index in [1.165, 1.54) is 70.6 Å². The van der Waals surface area contributed by atoms with Gasteiger partial charge in [0.05, 0.1) is 0 Å². The maximum atomic E-state index is 13.0. The zero-order valence-electron chi connectivity index (χ0n) is 26.5. The highest BCUT2D eigenvalue weighted by Gasteiger charge is 2.26. The molecule has 0 aliphatic rings. The fraction of sp³-hybridized carbons (Fsp3) is 0.800. The predicted molar refractivity (Wildman–Crippen MR) is 164 cm³/mol. The Morgan fingerprint density at radius 3 is 1.50 bits per heavy atom. The van der Waals surface area contributed by atoms with E-state index in [0.29, 0.717) is 18.6 Å². The highest BCUT2D eigenvalue weighted by molar-refractivity contribution is 5.70. The van der Waals surface area contributed by atoms with Crippen LogP contribution in [0.5, 0.6) is 5.75 Å². The van der Waals surface area contributed by atoms with E-state index in [2.05, 4.69) is 67.5 Å². The number of hydrogen-bond acceptors (Lipinski definition) is 3. The smallest absolute Gasteiger partial charge is 0.306 e. The molecule has 0 spiro atoms. The Morgan fingerprint density at radius 2 is 1.11 bits per heavy atom. The van der Waals surface area contributed by atoms with Crippen LogP contribution in [0.2, 0.25) is 0 Å². The Bertz CT molecular complexity index is 746. The van der Waals surface area contributed by atoms with Gasteiger partial charge in [-0.2, -0.15) is 0 Å². The molecule has 1 N–H and O–H groups in total. The number of phenolic OH excluding ortho intramolecular Hbond substituents is 1. The van der Waals surface area contributed by atoms with Gasteiger partial charge < -0.3 is 9.84 Å². The molecule has 1 rings (SSSR count). The minimum atomic E-state index is -0.167. The predicted octanol–water partition coefficient (Wildman–Crippen LogP) is 10.7. The van der Waals surface area contributed by atoms with Crippen molar-refractivity contribution in [2.45, 2.75) is 181 Å². The number of benzene rings is 1. The Hall–Kier alpha value is -1.51. The molecule has 0 aliphatic heterocycles. The van der Waals surface area contributed by atoms with E-state index >= 15 is 0 Å². The molecule has 3 heteroatoms. The molecule has 0 fully saturated rings. The first-order valence-electron chi connectivity index (χ1n) is 16.0. The van der Waals surface area contributed by atoms with Gasteiger partial charge in [-0.15, -0.1) is 0 Å². The molecule has 220 valence electrons. The zero-order valence-corrected chi connectivity index (χ0v) is 26.5. The number of aromatic hydroxyl groups is 1. The van der Waals surface area contributed by atoms with Gasteiger partial charge in [0, 0.05) is 6.42 Å². The van der Waals surface area contributed by atoms with Crippen LogP contribution >= 0.6 is 0 Å². The van der Waals surface area contributed by atoms with Crippen molar-refractivity contribution in [3.63, 3.8) is 0 Å². The highest BCUT2D eigenvalue weighted by atomic mass is 16.5. The molecule has 0 heterocycles. The number of aryl methyl sites for hydroxylation is 1. The van der Waals surface area contributed by atoms with Gasteiger partial charge in [-0.25, -0.2) is 0 Å². The van der Waals surface area contributed by atoms with E-state index in [4.69, 9.17) is 4.74 Å². The van der Waals surface area contributed by atoms with E-state index < -0.39 is 0 Å². The summed E-state index contributed by atoms with van der Waals surface area (Å²) in [4.78, 5) is 13.0. The molecule has 1 unspecified atom stereocenters. The van der Waals surface area contributed by atoms with Crippen molar-refractivity contribution in [2.75, 3.05) is 0 Å². The van der Waals surface area contributed by atoms with Gasteiger partial charge in [0.1, 0.15) is 11.9 Å². The Labute approximate surface area is 236 Å². The second-order valence-corrected chi connectivity index (χ2v) is 13.6. The molecule has 0 saturated carbocycles. The minimum absolute atomic E-state index is 0.0550. The molecule has 0 aromatic heterocycles. The third kappa shape index (κ3) is 14.0. The van der Waals surface area contributed by atoms with Gasteiger partial charge in [0.25, 0.3) is 0 Å². The number of esters is 1. The molecule has 0 amide bonds. The molecule has 1 aromatic rings. The van der Waals surface area contributed by atoms with Crippen LogP contribution in [0.4, 0.5) is 0 Å². The van der Waals surface area contributed by atoms with Crippen LogP contribution < -0.4 is 0 Å².